The molecule has 60 valence electrons. The van der Waals surface area contributed by atoms with Gasteiger partial charge in [0.25, 0.3) is 0 Å². The zero-order chi connectivity index (χ0) is 8.10. The van der Waals surface area contributed by atoms with Crippen LogP contribution >= 0.6 is 12.6 Å². The molecule has 11 heavy (non-hydrogen) atoms. The van der Waals surface area contributed by atoms with Crippen molar-refractivity contribution in [1.82, 2.24) is 0 Å². The molecule has 0 heterocycles. The van der Waals surface area contributed by atoms with Crippen LogP contribution in [0.4, 0.5) is 5.69 Å². The summed E-state index contributed by atoms with van der Waals surface area (Å²) in [6, 6.07) is 7.69. The molecule has 3 heteroatoms. The lowest BCUT2D eigenvalue weighted by molar-refractivity contribution is 0.311. The van der Waals surface area contributed by atoms with Crippen LogP contribution in [0, 0.1) is 0 Å². The van der Waals surface area contributed by atoms with Crippen molar-refractivity contribution in [2.75, 3.05) is 18.5 Å². The van der Waals surface area contributed by atoms with Crippen molar-refractivity contribution in [2.45, 2.75) is 4.90 Å². The van der Waals surface area contributed by atoms with E-state index >= 15 is 0 Å². The van der Waals surface area contributed by atoms with Gasteiger partial charge in [-0.05, 0) is 12.1 Å². The third kappa shape index (κ3) is 2.44. The molecule has 1 aromatic carbocycles. The van der Waals surface area contributed by atoms with Gasteiger partial charge in [-0.2, -0.15) is 0 Å². The van der Waals surface area contributed by atoms with Crippen LogP contribution in [0.2, 0.25) is 0 Å². The lowest BCUT2D eigenvalue weighted by Crippen LogP contribution is -2.05. The van der Waals surface area contributed by atoms with Gasteiger partial charge in [-0.25, -0.2) is 0 Å². The predicted octanol–water partition coefficient (Wildman–Crippen LogP) is 1.38. The molecule has 0 fully saturated rings. The van der Waals surface area contributed by atoms with Gasteiger partial charge in [0.2, 0.25) is 0 Å². The molecular weight excluding hydrogens is 158 g/mol. The normalized spacial score (nSPS) is 9.64. The van der Waals surface area contributed by atoms with E-state index in [4.69, 9.17) is 5.11 Å². The lowest BCUT2D eigenvalue weighted by Gasteiger charge is -2.05. The predicted molar refractivity (Wildman–Crippen MR) is 49.3 cm³/mol. The van der Waals surface area contributed by atoms with Crippen LogP contribution < -0.4 is 5.32 Å². The summed E-state index contributed by atoms with van der Waals surface area (Å²) in [5.41, 5.74) is 0.963. The van der Waals surface area contributed by atoms with Gasteiger partial charge in [0, 0.05) is 17.1 Å². The minimum Gasteiger partial charge on any atom is -0.395 e. The maximum atomic E-state index is 8.53. The number of hydrogen-bond donors (Lipinski definition) is 3. The number of nitrogens with one attached hydrogen (secondary N) is 1. The Labute approximate surface area is 71.7 Å². The van der Waals surface area contributed by atoms with E-state index in [1.807, 2.05) is 24.3 Å². The molecule has 2 nitrogen and oxygen atoms in total. The third-order valence-corrected chi connectivity index (χ3v) is 1.72. The summed E-state index contributed by atoms with van der Waals surface area (Å²) >= 11 is 4.23. The van der Waals surface area contributed by atoms with E-state index in [2.05, 4.69) is 17.9 Å². The van der Waals surface area contributed by atoms with Crippen LogP contribution in [0.1, 0.15) is 0 Å². The van der Waals surface area contributed by atoms with E-state index in [0.717, 1.165) is 10.6 Å². The molecule has 0 saturated heterocycles. The van der Waals surface area contributed by atoms with Crippen LogP contribution in [0.15, 0.2) is 29.2 Å². The van der Waals surface area contributed by atoms with E-state index in [1.165, 1.54) is 0 Å². The molecule has 0 bridgehead atoms. The molecule has 0 saturated carbocycles. The monoisotopic (exact) mass is 169 g/mol. The van der Waals surface area contributed by atoms with Gasteiger partial charge in [0.15, 0.2) is 0 Å². The summed E-state index contributed by atoms with van der Waals surface area (Å²) in [6.45, 7) is 0.708. The second-order valence-corrected chi connectivity index (χ2v) is 2.65. The topological polar surface area (TPSA) is 32.3 Å². The van der Waals surface area contributed by atoms with E-state index in [-0.39, 0.29) is 6.61 Å². The van der Waals surface area contributed by atoms with Crippen molar-refractivity contribution < 1.29 is 5.11 Å². The zero-order valence-corrected chi connectivity index (χ0v) is 7.01. The van der Waals surface area contributed by atoms with Crippen molar-refractivity contribution in [3.05, 3.63) is 24.3 Å². The summed E-state index contributed by atoms with van der Waals surface area (Å²) in [4.78, 5) is 0.904. The number of thiol groups is 1. The molecule has 1 aromatic rings. The third-order valence-electron chi connectivity index (χ3n) is 1.33. The molecule has 0 aromatic heterocycles. The van der Waals surface area contributed by atoms with Gasteiger partial charge in [0.05, 0.1) is 6.61 Å². The molecule has 0 radical (unpaired) electrons. The van der Waals surface area contributed by atoms with Crippen LogP contribution in [0.5, 0.6) is 0 Å². The summed E-state index contributed by atoms with van der Waals surface area (Å²) in [6.07, 6.45) is 0. The molecule has 0 amide bonds. The number of benzene rings is 1. The number of aliphatic hydroxyl groups is 1. The Balaban J connectivity index is 2.62. The van der Waals surface area contributed by atoms with Gasteiger partial charge < -0.3 is 10.4 Å². The second kappa shape index (κ2) is 4.26. The molecule has 0 aliphatic heterocycles. The summed E-state index contributed by atoms with van der Waals surface area (Å²) in [5, 5.41) is 11.6. The van der Waals surface area contributed by atoms with Crippen molar-refractivity contribution >= 4 is 18.3 Å². The highest BCUT2D eigenvalue weighted by atomic mass is 32.1. The smallest absolute Gasteiger partial charge is 0.0604 e. The lowest BCUT2D eigenvalue weighted by atomic mass is 10.3. The molecule has 0 atom stereocenters. The fraction of sp³-hybridized carbons (Fsp3) is 0.250. The van der Waals surface area contributed by atoms with Crippen LogP contribution in [-0.2, 0) is 0 Å². The first-order valence-corrected chi connectivity index (χ1v) is 3.92. The summed E-state index contributed by atoms with van der Waals surface area (Å²) in [5.74, 6) is 0. The Hall–Kier alpha value is -0.670. The quantitative estimate of drug-likeness (QED) is 0.597. The highest BCUT2D eigenvalue weighted by molar-refractivity contribution is 7.80. The van der Waals surface area contributed by atoms with Crippen LogP contribution in [0.25, 0.3) is 0 Å². The molecule has 2 N–H and O–H groups in total. The Bertz CT molecular complexity index is 227. The van der Waals surface area contributed by atoms with Crippen LogP contribution in [0.3, 0.4) is 0 Å². The summed E-state index contributed by atoms with van der Waals surface area (Å²) in [7, 11) is 0. The zero-order valence-electron chi connectivity index (χ0n) is 6.12. The number of hydrogen-bond acceptors (Lipinski definition) is 3. The second-order valence-electron chi connectivity index (χ2n) is 2.17. The van der Waals surface area contributed by atoms with Gasteiger partial charge in [0.1, 0.15) is 0 Å². The Morgan fingerprint density at radius 1 is 1.36 bits per heavy atom. The minimum absolute atomic E-state index is 0.141. The van der Waals surface area contributed by atoms with E-state index in [0.29, 0.717) is 6.54 Å². The summed E-state index contributed by atoms with van der Waals surface area (Å²) < 4.78 is 0. The number of aliphatic hydroxyl groups excluding tert-OH is 1. The maximum absolute atomic E-state index is 8.53. The Morgan fingerprint density at radius 2 is 2.09 bits per heavy atom. The van der Waals surface area contributed by atoms with Gasteiger partial charge in [-0.15, -0.1) is 12.6 Å². The minimum atomic E-state index is 0.141. The first-order chi connectivity index (χ1) is 5.34. The molecule has 0 aliphatic carbocycles. The Kier molecular flexibility index (Phi) is 3.26. The van der Waals surface area contributed by atoms with E-state index < -0.39 is 0 Å². The molecule has 0 aliphatic rings. The molecule has 0 unspecified atom stereocenters. The number of para-hydroxylation sites is 1. The van der Waals surface area contributed by atoms with Gasteiger partial charge >= 0.3 is 0 Å². The molecule has 1 rings (SSSR count). The van der Waals surface area contributed by atoms with Crippen molar-refractivity contribution in [3.63, 3.8) is 0 Å². The SMILES string of the molecule is OCCNc1ccccc1S. The van der Waals surface area contributed by atoms with E-state index in [1.54, 1.807) is 0 Å². The fourth-order valence-electron chi connectivity index (χ4n) is 0.814. The highest BCUT2D eigenvalue weighted by Crippen LogP contribution is 2.17. The fourth-order valence-corrected chi connectivity index (χ4v) is 1.05. The maximum Gasteiger partial charge on any atom is 0.0604 e. The van der Waals surface area contributed by atoms with Crippen molar-refractivity contribution in [3.8, 4) is 0 Å². The van der Waals surface area contributed by atoms with Gasteiger partial charge in [-0.3, -0.25) is 0 Å². The number of anilines is 1. The van der Waals surface area contributed by atoms with Crippen LogP contribution in [-0.4, -0.2) is 18.3 Å². The number of rotatable bonds is 3. The first kappa shape index (κ1) is 8.43. The molecule has 0 spiro atoms. The van der Waals surface area contributed by atoms with Crippen molar-refractivity contribution in [2.24, 2.45) is 0 Å². The average Bonchev–Trinajstić information content (AvgIpc) is 2.03. The Morgan fingerprint density at radius 3 is 2.73 bits per heavy atom. The highest BCUT2D eigenvalue weighted by Gasteiger charge is 1.93. The standard InChI is InChI=1S/C8H11NOS/c10-6-5-9-7-3-1-2-4-8(7)11/h1-4,9-11H,5-6H2. The largest absolute Gasteiger partial charge is 0.395 e. The first-order valence-electron chi connectivity index (χ1n) is 3.47. The van der Waals surface area contributed by atoms with E-state index in [9.17, 15) is 0 Å². The molecular formula is C8H11NOS. The van der Waals surface area contributed by atoms with Gasteiger partial charge in [-0.1, -0.05) is 12.1 Å². The average molecular weight is 169 g/mol. The van der Waals surface area contributed by atoms with Crippen molar-refractivity contribution in [1.29, 1.82) is 0 Å².